The summed E-state index contributed by atoms with van der Waals surface area (Å²) in [7, 11) is 2.02. The molecule has 0 radical (unpaired) electrons. The third-order valence-electron chi connectivity index (χ3n) is 7.33. The van der Waals surface area contributed by atoms with Gasteiger partial charge in [0.1, 0.15) is 0 Å². The zero-order valence-corrected chi connectivity index (χ0v) is 21.0. The molecule has 37 heavy (non-hydrogen) atoms. The van der Waals surface area contributed by atoms with Crippen molar-refractivity contribution in [3.63, 3.8) is 0 Å². The molecule has 0 bridgehead atoms. The van der Waals surface area contributed by atoms with E-state index in [2.05, 4.69) is 47.2 Å². The molecule has 3 aromatic carbocycles. The van der Waals surface area contributed by atoms with Crippen LogP contribution < -0.4 is 4.90 Å². The summed E-state index contributed by atoms with van der Waals surface area (Å²) in [6, 6.07) is 22.0. The lowest BCUT2D eigenvalue weighted by molar-refractivity contribution is -0.137. The minimum absolute atomic E-state index is 0.0576. The van der Waals surface area contributed by atoms with Crippen LogP contribution in [-0.4, -0.2) is 41.6 Å². The standard InChI is InChI=1S/C30H30F3N3O/c1-21-10-12-22(13-11-21)26(27-20-34(2)28-9-4-3-8-25(27)28)19-29(37)36-16-14-35(15-17-36)24-7-5-6-23(18-24)30(31,32)33/h3-13,18,20,26H,14-17,19H2,1-2H3/t26-/m0/s1. The number of para-hydroxylation sites is 1. The molecule has 5 rings (SSSR count). The Hall–Kier alpha value is -3.74. The van der Waals surface area contributed by atoms with Gasteiger partial charge in [0.05, 0.1) is 5.56 Å². The summed E-state index contributed by atoms with van der Waals surface area (Å²) >= 11 is 0. The molecule has 1 amide bonds. The fraction of sp³-hybridized carbons (Fsp3) is 0.300. The molecule has 1 fully saturated rings. The van der Waals surface area contributed by atoms with Gasteiger partial charge in [0, 0.05) is 68.4 Å². The Balaban J connectivity index is 1.35. The Morgan fingerprint density at radius 2 is 1.62 bits per heavy atom. The summed E-state index contributed by atoms with van der Waals surface area (Å²) in [4.78, 5) is 17.3. The van der Waals surface area contributed by atoms with E-state index in [0.29, 0.717) is 38.3 Å². The van der Waals surface area contributed by atoms with Crippen molar-refractivity contribution >= 4 is 22.5 Å². The number of hydrogen-bond donors (Lipinski definition) is 0. The van der Waals surface area contributed by atoms with Crippen LogP contribution in [0.25, 0.3) is 10.9 Å². The van der Waals surface area contributed by atoms with E-state index in [-0.39, 0.29) is 11.8 Å². The average Bonchev–Trinajstić information content (AvgIpc) is 3.23. The maximum Gasteiger partial charge on any atom is 0.416 e. The van der Waals surface area contributed by atoms with Crippen LogP contribution in [0.1, 0.15) is 34.6 Å². The number of anilines is 1. The minimum atomic E-state index is -4.37. The van der Waals surface area contributed by atoms with Crippen molar-refractivity contribution in [2.24, 2.45) is 7.05 Å². The second kappa shape index (κ2) is 9.96. The second-order valence-electron chi connectivity index (χ2n) is 9.80. The lowest BCUT2D eigenvalue weighted by Crippen LogP contribution is -2.49. The molecule has 1 aliphatic rings. The number of amides is 1. The number of alkyl halides is 3. The van der Waals surface area contributed by atoms with Gasteiger partial charge in [-0.3, -0.25) is 4.79 Å². The van der Waals surface area contributed by atoms with E-state index < -0.39 is 11.7 Å². The van der Waals surface area contributed by atoms with Crippen LogP contribution in [0.2, 0.25) is 0 Å². The highest BCUT2D eigenvalue weighted by molar-refractivity contribution is 5.86. The van der Waals surface area contributed by atoms with Crippen molar-refractivity contribution in [3.05, 3.63) is 101 Å². The van der Waals surface area contributed by atoms with Gasteiger partial charge in [-0.15, -0.1) is 0 Å². The Morgan fingerprint density at radius 1 is 0.919 bits per heavy atom. The van der Waals surface area contributed by atoms with Crippen molar-refractivity contribution < 1.29 is 18.0 Å². The Kier molecular flexibility index (Phi) is 6.71. The van der Waals surface area contributed by atoms with E-state index in [1.807, 2.05) is 35.9 Å². The van der Waals surface area contributed by atoms with Crippen LogP contribution in [0.15, 0.2) is 79.0 Å². The van der Waals surface area contributed by atoms with Gasteiger partial charge in [0.15, 0.2) is 0 Å². The maximum absolute atomic E-state index is 13.5. The number of halogens is 3. The third-order valence-corrected chi connectivity index (χ3v) is 7.33. The number of piperazine rings is 1. The van der Waals surface area contributed by atoms with Gasteiger partial charge in [0.25, 0.3) is 0 Å². The molecule has 4 aromatic rings. The number of carbonyl (C=O) groups is 1. The molecule has 1 aliphatic heterocycles. The van der Waals surface area contributed by atoms with Crippen molar-refractivity contribution in [2.45, 2.75) is 25.4 Å². The van der Waals surface area contributed by atoms with Gasteiger partial charge in [-0.2, -0.15) is 13.2 Å². The SMILES string of the molecule is Cc1ccc([C@H](CC(=O)N2CCN(c3cccc(C(F)(F)F)c3)CC2)c2cn(C)c3ccccc23)cc1. The topological polar surface area (TPSA) is 28.5 Å². The van der Waals surface area contributed by atoms with Gasteiger partial charge < -0.3 is 14.4 Å². The van der Waals surface area contributed by atoms with E-state index in [1.165, 1.54) is 12.1 Å². The van der Waals surface area contributed by atoms with E-state index in [1.54, 1.807) is 6.07 Å². The van der Waals surface area contributed by atoms with E-state index in [9.17, 15) is 18.0 Å². The van der Waals surface area contributed by atoms with Crippen LogP contribution in [0, 0.1) is 6.92 Å². The zero-order valence-electron chi connectivity index (χ0n) is 21.0. The van der Waals surface area contributed by atoms with Crippen LogP contribution in [0.4, 0.5) is 18.9 Å². The molecule has 1 saturated heterocycles. The summed E-state index contributed by atoms with van der Waals surface area (Å²) in [6.07, 6.45) is -1.92. The Morgan fingerprint density at radius 3 is 2.32 bits per heavy atom. The second-order valence-corrected chi connectivity index (χ2v) is 9.80. The molecule has 0 unspecified atom stereocenters. The molecule has 0 N–H and O–H groups in total. The van der Waals surface area contributed by atoms with Crippen LogP contribution >= 0.6 is 0 Å². The molecule has 4 nitrogen and oxygen atoms in total. The summed E-state index contributed by atoms with van der Waals surface area (Å²) < 4.78 is 41.6. The highest BCUT2D eigenvalue weighted by atomic mass is 19.4. The number of carbonyl (C=O) groups excluding carboxylic acids is 1. The fourth-order valence-electron chi connectivity index (χ4n) is 5.25. The molecular formula is C30H30F3N3O. The number of aromatic nitrogens is 1. The number of rotatable bonds is 5. The van der Waals surface area contributed by atoms with E-state index >= 15 is 0 Å². The molecule has 0 aliphatic carbocycles. The zero-order chi connectivity index (χ0) is 26.2. The van der Waals surface area contributed by atoms with Crippen molar-refractivity contribution in [3.8, 4) is 0 Å². The quantitative estimate of drug-likeness (QED) is 0.315. The first-order valence-corrected chi connectivity index (χ1v) is 12.5. The minimum Gasteiger partial charge on any atom is -0.368 e. The Bertz CT molecular complexity index is 1400. The monoisotopic (exact) mass is 505 g/mol. The first-order chi connectivity index (χ1) is 17.7. The highest BCUT2D eigenvalue weighted by Gasteiger charge is 2.32. The van der Waals surface area contributed by atoms with Crippen molar-refractivity contribution in [2.75, 3.05) is 31.1 Å². The molecule has 192 valence electrons. The summed E-state index contributed by atoms with van der Waals surface area (Å²) in [5, 5.41) is 1.14. The number of hydrogen-bond acceptors (Lipinski definition) is 2. The molecule has 0 saturated carbocycles. The lowest BCUT2D eigenvalue weighted by Gasteiger charge is -2.37. The molecule has 7 heteroatoms. The normalized spacial score (nSPS) is 15.3. The fourth-order valence-corrected chi connectivity index (χ4v) is 5.25. The van der Waals surface area contributed by atoms with Crippen molar-refractivity contribution in [1.29, 1.82) is 0 Å². The van der Waals surface area contributed by atoms with Crippen LogP contribution in [0.5, 0.6) is 0 Å². The summed E-state index contributed by atoms with van der Waals surface area (Å²) in [5.41, 5.74) is 4.39. The first kappa shape index (κ1) is 24.9. The first-order valence-electron chi connectivity index (χ1n) is 12.5. The number of aryl methyl sites for hydroxylation is 2. The largest absolute Gasteiger partial charge is 0.416 e. The molecule has 1 aromatic heterocycles. The van der Waals surface area contributed by atoms with Gasteiger partial charge in [-0.25, -0.2) is 0 Å². The van der Waals surface area contributed by atoms with Crippen LogP contribution in [0.3, 0.4) is 0 Å². The van der Waals surface area contributed by atoms with E-state index in [4.69, 9.17) is 0 Å². The predicted molar refractivity (Wildman–Crippen MR) is 141 cm³/mol. The van der Waals surface area contributed by atoms with Crippen molar-refractivity contribution in [1.82, 2.24) is 9.47 Å². The third kappa shape index (κ3) is 5.22. The molecule has 1 atom stereocenters. The van der Waals surface area contributed by atoms with Gasteiger partial charge in [-0.1, -0.05) is 54.1 Å². The number of fused-ring (bicyclic) bond motifs is 1. The van der Waals surface area contributed by atoms with E-state index in [0.717, 1.165) is 33.7 Å². The summed E-state index contributed by atoms with van der Waals surface area (Å²) in [5.74, 6) is -0.0390. The highest BCUT2D eigenvalue weighted by Crippen LogP contribution is 2.36. The van der Waals surface area contributed by atoms with Gasteiger partial charge in [-0.05, 0) is 42.3 Å². The van der Waals surface area contributed by atoms with Gasteiger partial charge in [0.2, 0.25) is 5.91 Å². The van der Waals surface area contributed by atoms with Crippen LogP contribution in [-0.2, 0) is 18.0 Å². The maximum atomic E-state index is 13.5. The molecule has 2 heterocycles. The lowest BCUT2D eigenvalue weighted by atomic mass is 9.87. The number of benzene rings is 3. The predicted octanol–water partition coefficient (Wildman–Crippen LogP) is 6.38. The summed E-state index contributed by atoms with van der Waals surface area (Å²) in [6.45, 7) is 4.00. The average molecular weight is 506 g/mol. The smallest absolute Gasteiger partial charge is 0.368 e. The molecule has 0 spiro atoms. The number of nitrogens with zero attached hydrogens (tertiary/aromatic N) is 3. The Labute approximate surface area is 214 Å². The van der Waals surface area contributed by atoms with Gasteiger partial charge >= 0.3 is 6.18 Å². The molecular weight excluding hydrogens is 475 g/mol.